The van der Waals surface area contributed by atoms with E-state index in [4.69, 9.17) is 0 Å². The van der Waals surface area contributed by atoms with Gasteiger partial charge in [0.25, 0.3) is 0 Å². The summed E-state index contributed by atoms with van der Waals surface area (Å²) < 4.78 is 54.1. The van der Waals surface area contributed by atoms with Gasteiger partial charge in [-0.15, -0.1) is 13.2 Å². The lowest BCUT2D eigenvalue weighted by molar-refractivity contribution is -0.274. The zero-order valence-corrected chi connectivity index (χ0v) is 10.5. The SMILES string of the molecule is FC1CC2=CCCN2C1c1ccc(OC(F)(F)F)cc1. The molecule has 1 aromatic carbocycles. The maximum Gasteiger partial charge on any atom is 0.573 e. The van der Waals surface area contributed by atoms with Crippen molar-refractivity contribution in [3.63, 3.8) is 0 Å². The summed E-state index contributed by atoms with van der Waals surface area (Å²) in [6.45, 7) is 0.765. The molecule has 0 aromatic heterocycles. The second-order valence-corrected chi connectivity index (χ2v) is 4.96. The van der Waals surface area contributed by atoms with E-state index in [0.717, 1.165) is 18.7 Å². The minimum atomic E-state index is -4.71. The quantitative estimate of drug-likeness (QED) is 0.763. The number of hydrogen-bond donors (Lipinski definition) is 0. The van der Waals surface area contributed by atoms with Crippen LogP contribution < -0.4 is 4.74 Å². The Balaban J connectivity index is 1.79. The van der Waals surface area contributed by atoms with E-state index in [1.165, 1.54) is 24.3 Å². The van der Waals surface area contributed by atoms with E-state index < -0.39 is 18.6 Å². The van der Waals surface area contributed by atoms with E-state index in [1.807, 2.05) is 11.0 Å². The van der Waals surface area contributed by atoms with Gasteiger partial charge in [0.1, 0.15) is 11.9 Å². The Morgan fingerprint density at radius 3 is 2.50 bits per heavy atom. The average Bonchev–Trinajstić information content (AvgIpc) is 2.88. The molecular weight excluding hydrogens is 274 g/mol. The van der Waals surface area contributed by atoms with Gasteiger partial charge in [0.05, 0.1) is 6.04 Å². The third kappa shape index (κ3) is 2.46. The van der Waals surface area contributed by atoms with Crippen LogP contribution in [0.1, 0.15) is 24.4 Å². The molecule has 20 heavy (non-hydrogen) atoms. The summed E-state index contributed by atoms with van der Waals surface area (Å²) in [6.07, 6.45) is -2.43. The van der Waals surface area contributed by atoms with Crippen LogP contribution in [0.2, 0.25) is 0 Å². The van der Waals surface area contributed by atoms with E-state index in [0.29, 0.717) is 12.0 Å². The standard InChI is InChI=1S/C14H13F4NO/c15-12-8-10-2-1-7-19(10)13(12)9-3-5-11(6-4-9)20-14(16,17)18/h2-6,12-13H,1,7-8H2. The molecule has 2 heterocycles. The molecule has 0 aliphatic carbocycles. The Labute approximate surface area is 113 Å². The second kappa shape index (κ2) is 4.68. The number of rotatable bonds is 2. The van der Waals surface area contributed by atoms with E-state index in [2.05, 4.69) is 4.74 Å². The van der Waals surface area contributed by atoms with Gasteiger partial charge < -0.3 is 9.64 Å². The van der Waals surface area contributed by atoms with Gasteiger partial charge in [-0.2, -0.15) is 0 Å². The first-order valence-corrected chi connectivity index (χ1v) is 6.39. The molecule has 0 N–H and O–H groups in total. The molecule has 2 aliphatic rings. The van der Waals surface area contributed by atoms with Crippen molar-refractivity contribution in [2.75, 3.05) is 6.54 Å². The topological polar surface area (TPSA) is 12.5 Å². The third-order valence-electron chi connectivity index (χ3n) is 3.66. The fraction of sp³-hybridized carbons (Fsp3) is 0.429. The number of halogens is 4. The maximum atomic E-state index is 14.1. The van der Waals surface area contributed by atoms with Gasteiger partial charge >= 0.3 is 6.36 Å². The van der Waals surface area contributed by atoms with Crippen molar-refractivity contribution in [1.29, 1.82) is 0 Å². The van der Waals surface area contributed by atoms with Crippen molar-refractivity contribution < 1.29 is 22.3 Å². The first-order chi connectivity index (χ1) is 9.44. The third-order valence-corrected chi connectivity index (χ3v) is 3.66. The van der Waals surface area contributed by atoms with Crippen molar-refractivity contribution in [3.8, 4) is 5.75 Å². The van der Waals surface area contributed by atoms with Crippen molar-refractivity contribution >= 4 is 0 Å². The largest absolute Gasteiger partial charge is 0.573 e. The molecule has 3 rings (SSSR count). The van der Waals surface area contributed by atoms with Gasteiger partial charge in [0, 0.05) is 18.7 Å². The summed E-state index contributed by atoms with van der Waals surface area (Å²) >= 11 is 0. The van der Waals surface area contributed by atoms with Crippen LogP contribution >= 0.6 is 0 Å². The number of benzene rings is 1. The lowest BCUT2D eigenvalue weighted by Gasteiger charge is -2.25. The highest BCUT2D eigenvalue weighted by Gasteiger charge is 2.39. The fourth-order valence-electron chi connectivity index (χ4n) is 2.91. The molecule has 108 valence electrons. The molecule has 0 spiro atoms. The van der Waals surface area contributed by atoms with Crippen LogP contribution in [0.25, 0.3) is 0 Å². The Hall–Kier alpha value is -1.72. The monoisotopic (exact) mass is 287 g/mol. The summed E-state index contributed by atoms with van der Waals surface area (Å²) in [6, 6.07) is 5.06. The van der Waals surface area contributed by atoms with Gasteiger partial charge in [-0.05, 0) is 24.1 Å². The Kier molecular flexibility index (Phi) is 3.11. The van der Waals surface area contributed by atoms with Crippen LogP contribution in [0, 0.1) is 0 Å². The smallest absolute Gasteiger partial charge is 0.406 e. The highest BCUT2D eigenvalue weighted by atomic mass is 19.4. The molecule has 0 bridgehead atoms. The summed E-state index contributed by atoms with van der Waals surface area (Å²) in [7, 11) is 0. The van der Waals surface area contributed by atoms with Crippen molar-refractivity contribution in [3.05, 3.63) is 41.6 Å². The summed E-state index contributed by atoms with van der Waals surface area (Å²) in [5.74, 6) is -0.285. The van der Waals surface area contributed by atoms with Crippen LogP contribution in [0.5, 0.6) is 5.75 Å². The molecule has 2 unspecified atom stereocenters. The van der Waals surface area contributed by atoms with Gasteiger partial charge in [-0.1, -0.05) is 18.2 Å². The van der Waals surface area contributed by atoms with Gasteiger partial charge in [0.15, 0.2) is 0 Å². The van der Waals surface area contributed by atoms with E-state index >= 15 is 0 Å². The van der Waals surface area contributed by atoms with E-state index in [-0.39, 0.29) is 5.75 Å². The molecule has 1 aromatic rings. The molecule has 2 atom stereocenters. The summed E-state index contributed by atoms with van der Waals surface area (Å²) in [5, 5.41) is 0. The zero-order valence-electron chi connectivity index (χ0n) is 10.5. The highest BCUT2D eigenvalue weighted by molar-refractivity contribution is 5.33. The molecule has 6 heteroatoms. The molecule has 2 aliphatic heterocycles. The van der Waals surface area contributed by atoms with Crippen LogP contribution in [-0.2, 0) is 0 Å². The predicted molar refractivity (Wildman–Crippen MR) is 64.8 cm³/mol. The van der Waals surface area contributed by atoms with Crippen molar-refractivity contribution in [2.45, 2.75) is 31.4 Å². The number of nitrogens with zero attached hydrogens (tertiary/aromatic N) is 1. The lowest BCUT2D eigenvalue weighted by atomic mass is 10.0. The first kappa shape index (κ1) is 13.3. The maximum absolute atomic E-state index is 14.1. The normalized spacial score (nSPS) is 25.6. The number of allylic oxidation sites excluding steroid dienone is 1. The second-order valence-electron chi connectivity index (χ2n) is 4.96. The Bertz CT molecular complexity index is 523. The van der Waals surface area contributed by atoms with Crippen LogP contribution in [0.3, 0.4) is 0 Å². The van der Waals surface area contributed by atoms with E-state index in [1.54, 1.807) is 0 Å². The zero-order chi connectivity index (χ0) is 14.3. The van der Waals surface area contributed by atoms with Gasteiger partial charge in [-0.3, -0.25) is 0 Å². The number of hydrogen-bond acceptors (Lipinski definition) is 2. The minimum absolute atomic E-state index is 0.285. The summed E-state index contributed by atoms with van der Waals surface area (Å²) in [4.78, 5) is 1.99. The van der Waals surface area contributed by atoms with Crippen LogP contribution in [0.4, 0.5) is 17.6 Å². The summed E-state index contributed by atoms with van der Waals surface area (Å²) in [5.41, 5.74) is 1.68. The molecule has 0 radical (unpaired) electrons. The molecule has 1 saturated heterocycles. The first-order valence-electron chi connectivity index (χ1n) is 6.39. The molecule has 2 nitrogen and oxygen atoms in total. The average molecular weight is 287 g/mol. The minimum Gasteiger partial charge on any atom is -0.406 e. The highest BCUT2D eigenvalue weighted by Crippen LogP contribution is 2.43. The molecule has 0 saturated carbocycles. The Morgan fingerprint density at radius 2 is 1.85 bits per heavy atom. The Morgan fingerprint density at radius 1 is 1.15 bits per heavy atom. The van der Waals surface area contributed by atoms with Crippen molar-refractivity contribution in [1.82, 2.24) is 4.90 Å². The molecule has 0 amide bonds. The van der Waals surface area contributed by atoms with Crippen LogP contribution in [0.15, 0.2) is 36.0 Å². The van der Waals surface area contributed by atoms with Gasteiger partial charge in [-0.25, -0.2) is 4.39 Å². The molecular formula is C14H13F4NO. The number of alkyl halides is 4. The number of fused-ring (bicyclic) bond motifs is 1. The molecule has 1 fully saturated rings. The van der Waals surface area contributed by atoms with Gasteiger partial charge in [0.2, 0.25) is 0 Å². The lowest BCUT2D eigenvalue weighted by Crippen LogP contribution is -2.23. The predicted octanol–water partition coefficient (Wildman–Crippen LogP) is 3.96. The number of ether oxygens (including phenoxy) is 1. The van der Waals surface area contributed by atoms with E-state index in [9.17, 15) is 17.6 Å². The fourth-order valence-corrected chi connectivity index (χ4v) is 2.91. The van der Waals surface area contributed by atoms with Crippen LogP contribution in [-0.4, -0.2) is 24.0 Å². The van der Waals surface area contributed by atoms with Crippen molar-refractivity contribution in [2.24, 2.45) is 0 Å².